The van der Waals surface area contributed by atoms with E-state index in [4.69, 9.17) is 9.40 Å². The van der Waals surface area contributed by atoms with Crippen molar-refractivity contribution in [3.8, 4) is 11.5 Å². The van der Waals surface area contributed by atoms with Crippen molar-refractivity contribution in [2.75, 3.05) is 9.80 Å². The molecule has 0 aliphatic carbocycles. The number of aromatic nitrogens is 2. The Balaban J connectivity index is 1.20. The maximum Gasteiger partial charge on any atom is 0.257 e. The third-order valence-electron chi connectivity index (χ3n) is 11.9. The molecule has 254 valence electrons. The van der Waals surface area contributed by atoms with Gasteiger partial charge in [0, 0.05) is 61.2 Å². The number of nitrogens with zero attached hydrogens (tertiary/aromatic N) is 4. The van der Waals surface area contributed by atoms with Gasteiger partial charge in [-0.1, -0.05) is 97.1 Å². The Morgan fingerprint density at radius 2 is 1.05 bits per heavy atom. The predicted molar refractivity (Wildman–Crippen MR) is 228 cm³/mol. The zero-order valence-corrected chi connectivity index (χ0v) is 29.5. The minimum Gasteiger partial charge on any atom is -0.437 e. The van der Waals surface area contributed by atoms with Gasteiger partial charge in [-0.3, -0.25) is 0 Å². The molecule has 3 aromatic heterocycles. The SMILES string of the molecule is c1ccc(-c2nc3ccc4c(c3o2)B2c3cc5c(cc3N(c3ccccc3)c3cccc(c32)N4c2ccccc2)c2cccc3c4ccccc4n5c32)cc1. The van der Waals surface area contributed by atoms with E-state index in [0.717, 1.165) is 50.6 Å². The monoisotopic (exact) mass is 700 g/mol. The van der Waals surface area contributed by atoms with E-state index in [1.165, 1.54) is 54.7 Å². The molecule has 0 spiro atoms. The van der Waals surface area contributed by atoms with Gasteiger partial charge in [0.25, 0.3) is 6.71 Å². The zero-order chi connectivity index (χ0) is 35.8. The van der Waals surface area contributed by atoms with Gasteiger partial charge in [0.1, 0.15) is 5.52 Å². The lowest BCUT2D eigenvalue weighted by Crippen LogP contribution is -2.61. The molecule has 5 heterocycles. The normalized spacial score (nSPS) is 13.3. The number of fused-ring (bicyclic) bond motifs is 12. The first-order chi connectivity index (χ1) is 27.3. The van der Waals surface area contributed by atoms with Crippen LogP contribution in [-0.2, 0) is 0 Å². The topological polar surface area (TPSA) is 36.9 Å². The highest BCUT2D eigenvalue weighted by Crippen LogP contribution is 2.47. The van der Waals surface area contributed by atoms with Crippen LogP contribution in [0.1, 0.15) is 0 Å². The van der Waals surface area contributed by atoms with E-state index >= 15 is 0 Å². The molecule has 0 unspecified atom stereocenters. The molecule has 0 N–H and O–H groups in total. The summed E-state index contributed by atoms with van der Waals surface area (Å²) in [6, 6.07) is 63.4. The third kappa shape index (κ3) is 3.80. The Labute approximate surface area is 316 Å². The Kier molecular flexibility index (Phi) is 5.65. The molecule has 2 aliphatic rings. The summed E-state index contributed by atoms with van der Waals surface area (Å²) >= 11 is 0. The molecular weight excluding hydrogens is 671 g/mol. The molecule has 0 saturated heterocycles. The first-order valence-corrected chi connectivity index (χ1v) is 18.8. The smallest absolute Gasteiger partial charge is 0.257 e. The van der Waals surface area contributed by atoms with Crippen LogP contribution in [0, 0.1) is 0 Å². The van der Waals surface area contributed by atoms with Gasteiger partial charge in [-0.25, -0.2) is 4.98 Å². The minimum atomic E-state index is -0.136. The van der Waals surface area contributed by atoms with Gasteiger partial charge in [0.05, 0.1) is 16.6 Å². The van der Waals surface area contributed by atoms with Gasteiger partial charge in [-0.2, -0.15) is 0 Å². The van der Waals surface area contributed by atoms with Crippen LogP contribution in [0.25, 0.3) is 60.6 Å². The van der Waals surface area contributed by atoms with Gasteiger partial charge < -0.3 is 18.6 Å². The third-order valence-corrected chi connectivity index (χ3v) is 11.9. The lowest BCUT2D eigenvalue weighted by Gasteiger charge is -2.43. The van der Waals surface area contributed by atoms with Crippen molar-refractivity contribution in [2.24, 2.45) is 0 Å². The van der Waals surface area contributed by atoms with Crippen molar-refractivity contribution in [3.05, 3.63) is 176 Å². The summed E-state index contributed by atoms with van der Waals surface area (Å²) in [5.74, 6) is 0.627. The van der Waals surface area contributed by atoms with E-state index in [-0.39, 0.29) is 6.71 Å². The van der Waals surface area contributed by atoms with Crippen molar-refractivity contribution in [1.82, 2.24) is 9.38 Å². The number of anilines is 6. The van der Waals surface area contributed by atoms with Crippen LogP contribution in [0.2, 0.25) is 0 Å². The molecule has 0 atom stereocenters. The highest BCUT2D eigenvalue weighted by molar-refractivity contribution is 7.01. The fourth-order valence-electron chi connectivity index (χ4n) is 9.74. The molecule has 55 heavy (non-hydrogen) atoms. The van der Waals surface area contributed by atoms with Crippen LogP contribution >= 0.6 is 0 Å². The minimum absolute atomic E-state index is 0.136. The molecule has 6 heteroatoms. The van der Waals surface area contributed by atoms with Gasteiger partial charge in [0.15, 0.2) is 5.58 Å². The predicted octanol–water partition coefficient (Wildman–Crippen LogP) is 10.7. The molecule has 0 fully saturated rings. The van der Waals surface area contributed by atoms with Crippen molar-refractivity contribution in [2.45, 2.75) is 0 Å². The molecule has 8 aromatic carbocycles. The summed E-state index contributed by atoms with van der Waals surface area (Å²) in [5, 5.41) is 5.07. The zero-order valence-electron chi connectivity index (χ0n) is 29.5. The van der Waals surface area contributed by atoms with E-state index in [1.54, 1.807) is 0 Å². The number of hydrogen-bond donors (Lipinski definition) is 0. The maximum absolute atomic E-state index is 6.95. The summed E-state index contributed by atoms with van der Waals surface area (Å²) in [6.45, 7) is -0.136. The van der Waals surface area contributed by atoms with E-state index in [1.807, 2.05) is 18.2 Å². The molecular formula is C49H29BN4O. The van der Waals surface area contributed by atoms with E-state index < -0.39 is 0 Å². The van der Waals surface area contributed by atoms with Crippen LogP contribution in [0.5, 0.6) is 0 Å². The molecule has 13 rings (SSSR count). The van der Waals surface area contributed by atoms with Crippen LogP contribution in [0.3, 0.4) is 0 Å². The number of oxazole rings is 1. The molecule has 0 saturated carbocycles. The fourth-order valence-corrected chi connectivity index (χ4v) is 9.74. The first kappa shape index (κ1) is 29.2. The summed E-state index contributed by atoms with van der Waals surface area (Å²) in [5.41, 5.74) is 16.8. The summed E-state index contributed by atoms with van der Waals surface area (Å²) < 4.78 is 9.45. The van der Waals surface area contributed by atoms with Crippen molar-refractivity contribution >= 4 is 106 Å². The van der Waals surface area contributed by atoms with Gasteiger partial charge in [0.2, 0.25) is 5.89 Å². The Hall–Kier alpha value is -7.31. The van der Waals surface area contributed by atoms with Crippen molar-refractivity contribution in [1.29, 1.82) is 0 Å². The first-order valence-electron chi connectivity index (χ1n) is 18.8. The Morgan fingerprint density at radius 1 is 0.455 bits per heavy atom. The molecule has 0 radical (unpaired) electrons. The van der Waals surface area contributed by atoms with Gasteiger partial charge in [-0.05, 0) is 95.3 Å². The quantitative estimate of drug-likeness (QED) is 0.172. The fraction of sp³-hybridized carbons (Fsp3) is 0. The molecule has 0 amide bonds. The summed E-state index contributed by atoms with van der Waals surface area (Å²) in [4.78, 5) is 10.00. The molecule has 11 aromatic rings. The highest BCUT2D eigenvalue weighted by Gasteiger charge is 2.45. The number of benzene rings is 8. The largest absolute Gasteiger partial charge is 0.437 e. The van der Waals surface area contributed by atoms with Gasteiger partial charge in [-0.15, -0.1) is 0 Å². The number of para-hydroxylation sites is 4. The average molecular weight is 701 g/mol. The molecule has 0 bridgehead atoms. The number of rotatable bonds is 3. The van der Waals surface area contributed by atoms with Crippen LogP contribution in [0.4, 0.5) is 34.1 Å². The van der Waals surface area contributed by atoms with E-state index in [2.05, 4.69) is 172 Å². The summed E-state index contributed by atoms with van der Waals surface area (Å²) in [6.07, 6.45) is 0. The van der Waals surface area contributed by atoms with Crippen molar-refractivity contribution < 1.29 is 4.42 Å². The van der Waals surface area contributed by atoms with Crippen LogP contribution in [-0.4, -0.2) is 16.1 Å². The number of hydrogen-bond acceptors (Lipinski definition) is 4. The summed E-state index contributed by atoms with van der Waals surface area (Å²) in [7, 11) is 0. The molecule has 5 nitrogen and oxygen atoms in total. The standard InChI is InChI=1S/C49H29BN4O/c1-4-14-30(15-5-1)49-51-38-26-27-42-46(48(38)55-49)50-37-29-43-36(35-22-12-21-34-33-20-10-11-23-39(33)54(43)47(34)35)28-44(37)53(32-18-8-3-9-19-32)41-25-13-24-40(45(41)50)52(42)31-16-6-2-7-17-31/h1-29H. The second-order valence-corrected chi connectivity index (χ2v) is 14.7. The molecule has 2 aliphatic heterocycles. The second kappa shape index (κ2) is 10.6. The van der Waals surface area contributed by atoms with E-state index in [0.29, 0.717) is 5.89 Å². The Morgan fingerprint density at radius 3 is 1.80 bits per heavy atom. The lowest BCUT2D eigenvalue weighted by atomic mass is 9.33. The van der Waals surface area contributed by atoms with Crippen LogP contribution in [0.15, 0.2) is 180 Å². The highest BCUT2D eigenvalue weighted by atomic mass is 16.3. The van der Waals surface area contributed by atoms with Gasteiger partial charge >= 0.3 is 0 Å². The second-order valence-electron chi connectivity index (χ2n) is 14.7. The van der Waals surface area contributed by atoms with Crippen LogP contribution < -0.4 is 26.2 Å². The average Bonchev–Trinajstić information content (AvgIpc) is 3.94. The lowest BCUT2D eigenvalue weighted by molar-refractivity contribution is 0.622. The van der Waals surface area contributed by atoms with Crippen molar-refractivity contribution in [3.63, 3.8) is 0 Å². The Bertz CT molecular complexity index is 3340. The van der Waals surface area contributed by atoms with E-state index in [9.17, 15) is 0 Å². The maximum atomic E-state index is 6.95.